The van der Waals surface area contributed by atoms with Crippen molar-refractivity contribution in [3.8, 4) is 0 Å². The minimum Gasteiger partial charge on any atom is -0.394 e. The molecule has 90 valence electrons. The lowest BCUT2D eigenvalue weighted by molar-refractivity contribution is -0.149. The summed E-state index contributed by atoms with van der Waals surface area (Å²) >= 11 is 0. The minimum absolute atomic E-state index is 0.600. The molecule has 0 aliphatic carbocycles. The van der Waals surface area contributed by atoms with E-state index < -0.39 is 45.2 Å². The molecular weight excluding hydrogens is 234 g/mol. The molecule has 9 heteroatoms. The van der Waals surface area contributed by atoms with Crippen molar-refractivity contribution in [1.29, 1.82) is 0 Å². The van der Waals surface area contributed by atoms with Crippen LogP contribution in [0.25, 0.3) is 0 Å². The molecule has 1 saturated heterocycles. The Morgan fingerprint density at radius 1 is 1.47 bits per heavy atom. The van der Waals surface area contributed by atoms with Gasteiger partial charge < -0.3 is 29.5 Å². The fourth-order valence-corrected chi connectivity index (χ4v) is 1.49. The van der Waals surface area contributed by atoms with Gasteiger partial charge in [-0.15, -0.1) is 0 Å². The van der Waals surface area contributed by atoms with E-state index in [1.54, 1.807) is 0 Å². The third-order valence-corrected chi connectivity index (χ3v) is 2.35. The van der Waals surface area contributed by atoms with Crippen molar-refractivity contribution in [2.45, 2.75) is 24.7 Å². The van der Waals surface area contributed by atoms with Gasteiger partial charge in [0.15, 0.2) is 18.8 Å². The second-order valence-electron chi connectivity index (χ2n) is 3.12. The molecule has 0 bridgehead atoms. The molecule has 1 fully saturated rings. The molecule has 1 aliphatic heterocycles. The Balaban J connectivity index is 2.47. The van der Waals surface area contributed by atoms with Crippen LogP contribution in [0.2, 0.25) is 0 Å². The number of aliphatic hydroxyl groups excluding tert-OH is 2. The lowest BCUT2D eigenvalue weighted by Gasteiger charge is -2.14. The molecule has 0 spiro atoms. The third-order valence-electron chi connectivity index (χ3n) is 1.86. The Morgan fingerprint density at radius 3 is 2.47 bits per heavy atom. The van der Waals surface area contributed by atoms with Gasteiger partial charge in [0.25, 0.3) is 0 Å². The molecule has 0 aromatic carbocycles. The predicted octanol–water partition coefficient (Wildman–Crippen LogP) is -1.45. The average Bonchev–Trinajstić information content (AvgIpc) is 2.40. The number of rotatable bonds is 4. The highest BCUT2D eigenvalue weighted by atomic mass is 31.2. The molecule has 0 aromatic heterocycles. The SMILES string of the molecule is O=P(O)(O)CO[C@@H]1O[C@H](CO)[C@@H](O)[C@@H]1F. The zero-order valence-electron chi connectivity index (χ0n) is 7.56. The van der Waals surface area contributed by atoms with E-state index in [0.29, 0.717) is 0 Å². The van der Waals surface area contributed by atoms with Crippen molar-refractivity contribution >= 4 is 7.60 Å². The number of hydrogen-bond acceptors (Lipinski definition) is 5. The van der Waals surface area contributed by atoms with Gasteiger partial charge in [-0.1, -0.05) is 0 Å². The van der Waals surface area contributed by atoms with E-state index >= 15 is 0 Å². The van der Waals surface area contributed by atoms with Crippen molar-refractivity contribution in [3.63, 3.8) is 0 Å². The first-order valence-corrected chi connectivity index (χ1v) is 5.89. The van der Waals surface area contributed by atoms with Crippen LogP contribution in [0.4, 0.5) is 4.39 Å². The summed E-state index contributed by atoms with van der Waals surface area (Å²) in [5.74, 6) is 0. The molecule has 0 unspecified atom stereocenters. The molecule has 0 aromatic rings. The summed E-state index contributed by atoms with van der Waals surface area (Å²) in [5, 5.41) is 17.8. The van der Waals surface area contributed by atoms with E-state index in [4.69, 9.17) is 20.0 Å². The first-order chi connectivity index (χ1) is 6.85. The second kappa shape index (κ2) is 4.84. The molecule has 4 atom stereocenters. The van der Waals surface area contributed by atoms with Crippen molar-refractivity contribution in [2.75, 3.05) is 13.0 Å². The topological polar surface area (TPSA) is 116 Å². The highest BCUT2D eigenvalue weighted by Crippen LogP contribution is 2.36. The number of hydrogen-bond donors (Lipinski definition) is 4. The average molecular weight is 246 g/mol. The zero-order chi connectivity index (χ0) is 11.6. The van der Waals surface area contributed by atoms with Gasteiger partial charge in [0.1, 0.15) is 12.2 Å². The Kier molecular flexibility index (Phi) is 4.19. The fourth-order valence-electron chi connectivity index (χ4n) is 1.15. The van der Waals surface area contributed by atoms with Gasteiger partial charge in [-0.05, 0) is 0 Å². The molecule has 0 radical (unpaired) electrons. The van der Waals surface area contributed by atoms with E-state index in [9.17, 15) is 8.96 Å². The van der Waals surface area contributed by atoms with Crippen LogP contribution in [0.15, 0.2) is 0 Å². The highest BCUT2D eigenvalue weighted by molar-refractivity contribution is 7.51. The summed E-state index contributed by atoms with van der Waals surface area (Å²) in [6, 6.07) is 0. The summed E-state index contributed by atoms with van der Waals surface area (Å²) in [6.45, 7) is -0.600. The van der Waals surface area contributed by atoms with E-state index in [0.717, 1.165) is 0 Å². The molecule has 1 aliphatic rings. The number of aliphatic hydroxyl groups is 2. The van der Waals surface area contributed by atoms with Gasteiger partial charge in [0, 0.05) is 0 Å². The van der Waals surface area contributed by atoms with E-state index in [2.05, 4.69) is 9.47 Å². The van der Waals surface area contributed by atoms with Gasteiger partial charge in [0.2, 0.25) is 0 Å². The molecule has 0 amide bonds. The minimum atomic E-state index is -4.41. The number of alkyl halides is 1. The van der Waals surface area contributed by atoms with E-state index in [1.807, 2.05) is 0 Å². The smallest absolute Gasteiger partial charge is 0.351 e. The van der Waals surface area contributed by atoms with Crippen LogP contribution < -0.4 is 0 Å². The lowest BCUT2D eigenvalue weighted by Crippen LogP contribution is -2.31. The third kappa shape index (κ3) is 3.46. The Bertz CT molecular complexity index is 256. The maximum atomic E-state index is 13.1. The predicted molar refractivity (Wildman–Crippen MR) is 44.6 cm³/mol. The van der Waals surface area contributed by atoms with Crippen LogP contribution in [0, 0.1) is 0 Å². The summed E-state index contributed by atoms with van der Waals surface area (Å²) < 4.78 is 32.7. The normalized spacial score (nSPS) is 37.1. The maximum Gasteiger partial charge on any atom is 0.351 e. The highest BCUT2D eigenvalue weighted by Gasteiger charge is 2.45. The van der Waals surface area contributed by atoms with E-state index in [1.165, 1.54) is 0 Å². The second-order valence-corrected chi connectivity index (χ2v) is 4.71. The first kappa shape index (κ1) is 13.0. The van der Waals surface area contributed by atoms with Crippen molar-refractivity contribution in [3.05, 3.63) is 0 Å². The number of ether oxygens (including phenoxy) is 2. The summed E-state index contributed by atoms with van der Waals surface area (Å²) in [7, 11) is -4.41. The molecule has 1 rings (SSSR count). The molecule has 0 saturated carbocycles. The van der Waals surface area contributed by atoms with E-state index in [-0.39, 0.29) is 0 Å². The lowest BCUT2D eigenvalue weighted by atomic mass is 10.2. The van der Waals surface area contributed by atoms with Crippen molar-refractivity contribution < 1.29 is 38.4 Å². The maximum absolute atomic E-state index is 13.1. The van der Waals surface area contributed by atoms with Crippen molar-refractivity contribution in [1.82, 2.24) is 0 Å². The monoisotopic (exact) mass is 246 g/mol. The van der Waals surface area contributed by atoms with Crippen LogP contribution in [-0.4, -0.2) is 57.6 Å². The quantitative estimate of drug-likeness (QED) is 0.448. The fraction of sp³-hybridized carbons (Fsp3) is 1.00. The standard InChI is InChI=1S/C6H12FO7P/c7-4-5(9)3(1-8)14-6(4)13-2-15(10,11)12/h3-6,8-9H,1-2H2,(H2,10,11,12)/t3-,4+,5-,6-/m1/s1. The molecule has 4 N–H and O–H groups in total. The summed E-state index contributed by atoms with van der Waals surface area (Å²) in [6.07, 6.45) is -7.19. The van der Waals surface area contributed by atoms with Gasteiger partial charge in [-0.3, -0.25) is 4.57 Å². The van der Waals surface area contributed by atoms with Crippen LogP contribution in [0.5, 0.6) is 0 Å². The van der Waals surface area contributed by atoms with Gasteiger partial charge >= 0.3 is 7.60 Å². The van der Waals surface area contributed by atoms with Crippen LogP contribution in [0.3, 0.4) is 0 Å². The molecule has 15 heavy (non-hydrogen) atoms. The Labute approximate surface area is 84.6 Å². The van der Waals surface area contributed by atoms with Crippen LogP contribution in [0.1, 0.15) is 0 Å². The largest absolute Gasteiger partial charge is 0.394 e. The zero-order valence-corrected chi connectivity index (χ0v) is 8.46. The van der Waals surface area contributed by atoms with Crippen LogP contribution >= 0.6 is 7.60 Å². The Morgan fingerprint density at radius 2 is 2.07 bits per heavy atom. The van der Waals surface area contributed by atoms with Crippen LogP contribution in [-0.2, 0) is 14.0 Å². The first-order valence-electron chi connectivity index (χ1n) is 4.10. The summed E-state index contributed by atoms with van der Waals surface area (Å²) in [4.78, 5) is 16.9. The van der Waals surface area contributed by atoms with Crippen molar-refractivity contribution in [2.24, 2.45) is 0 Å². The molecule has 1 heterocycles. The van der Waals surface area contributed by atoms with Gasteiger partial charge in [-0.2, -0.15) is 0 Å². The number of halogens is 1. The molecular formula is C6H12FO7P. The molecule has 7 nitrogen and oxygen atoms in total. The van der Waals surface area contributed by atoms with Gasteiger partial charge in [-0.25, -0.2) is 4.39 Å². The summed E-state index contributed by atoms with van der Waals surface area (Å²) in [5.41, 5.74) is 0. The van der Waals surface area contributed by atoms with Gasteiger partial charge in [0.05, 0.1) is 6.61 Å². The Hall–Kier alpha value is -0.0800.